The zero-order valence-corrected chi connectivity index (χ0v) is 5.94. The van der Waals surface area contributed by atoms with E-state index in [4.69, 9.17) is 10.8 Å². The quantitative estimate of drug-likeness (QED) is 0.525. The van der Waals surface area contributed by atoms with Crippen molar-refractivity contribution < 1.29 is 9.90 Å². The number of hydrogen-bond acceptors (Lipinski definition) is 2. The van der Waals surface area contributed by atoms with Gasteiger partial charge in [-0.25, -0.2) is 4.79 Å². The third-order valence-electron chi connectivity index (χ3n) is 0.723. The van der Waals surface area contributed by atoms with Gasteiger partial charge >= 0.3 is 6.09 Å². The van der Waals surface area contributed by atoms with Crippen molar-refractivity contribution in [1.29, 1.82) is 0 Å². The zero-order valence-electron chi connectivity index (χ0n) is 5.13. The molecule has 0 aliphatic carbocycles. The van der Waals surface area contributed by atoms with Gasteiger partial charge in [0, 0.05) is 12.6 Å². The van der Waals surface area contributed by atoms with E-state index in [1.807, 2.05) is 0 Å². The van der Waals surface area contributed by atoms with E-state index in [-0.39, 0.29) is 18.4 Å². The fourth-order valence-electron chi connectivity index (χ4n) is 0.270. The Kier molecular flexibility index (Phi) is 7.12. The first-order valence-electron chi connectivity index (χ1n) is 2.36. The molecule has 1 amide bonds. The summed E-state index contributed by atoms with van der Waals surface area (Å²) >= 11 is 0. The molecule has 0 saturated heterocycles. The average Bonchev–Trinajstić information content (AvgIpc) is 1.65. The number of nitrogens with one attached hydrogen (secondary N) is 1. The molecule has 0 fully saturated rings. The van der Waals surface area contributed by atoms with E-state index in [0.717, 1.165) is 0 Å². The predicted molar refractivity (Wildman–Crippen MR) is 36.9 cm³/mol. The lowest BCUT2D eigenvalue weighted by atomic mass is 10.3. The predicted octanol–water partition coefficient (Wildman–Crippen LogP) is 0.0230. The van der Waals surface area contributed by atoms with E-state index in [2.05, 4.69) is 5.32 Å². The Morgan fingerprint density at radius 2 is 2.33 bits per heavy atom. The summed E-state index contributed by atoms with van der Waals surface area (Å²) in [6.07, 6.45) is -1.03. The molecule has 1 atom stereocenters. The molecule has 9 heavy (non-hydrogen) atoms. The van der Waals surface area contributed by atoms with Gasteiger partial charge in [-0.2, -0.15) is 0 Å². The smallest absolute Gasteiger partial charge is 0.404 e. The minimum atomic E-state index is -1.03. The number of rotatable bonds is 2. The largest absolute Gasteiger partial charge is 0.465 e. The van der Waals surface area contributed by atoms with Crippen molar-refractivity contribution in [3.05, 3.63) is 0 Å². The van der Waals surface area contributed by atoms with Crippen molar-refractivity contribution in [2.45, 2.75) is 13.0 Å². The zero-order chi connectivity index (χ0) is 6.57. The van der Waals surface area contributed by atoms with Crippen LogP contribution in [0.15, 0.2) is 0 Å². The first kappa shape index (κ1) is 11.3. The van der Waals surface area contributed by atoms with Crippen molar-refractivity contribution in [1.82, 2.24) is 5.32 Å². The number of hydrogen-bond donors (Lipinski definition) is 3. The Bertz CT molecular complexity index is 88.6. The molecule has 0 aliphatic heterocycles. The Hall–Kier alpha value is -0.480. The maximum atomic E-state index is 9.80. The van der Waals surface area contributed by atoms with Crippen molar-refractivity contribution in [2.75, 3.05) is 6.54 Å². The van der Waals surface area contributed by atoms with Gasteiger partial charge in [0.1, 0.15) is 0 Å². The second-order valence-corrected chi connectivity index (χ2v) is 1.59. The third kappa shape index (κ3) is 7.52. The summed E-state index contributed by atoms with van der Waals surface area (Å²) in [4.78, 5) is 9.80. The van der Waals surface area contributed by atoms with Crippen LogP contribution in [-0.4, -0.2) is 23.8 Å². The van der Waals surface area contributed by atoms with Crippen molar-refractivity contribution in [3.8, 4) is 0 Å². The van der Waals surface area contributed by atoms with Crippen LogP contribution in [0.2, 0.25) is 0 Å². The summed E-state index contributed by atoms with van der Waals surface area (Å²) in [5.74, 6) is 0. The summed E-state index contributed by atoms with van der Waals surface area (Å²) in [5, 5.41) is 10.2. The standard InChI is InChI=1S/C4H10N2O2.ClH/c1-3(2-5)6-4(7)8;/h3,6H,2,5H2,1H3,(H,7,8);1H/t3-;/m0./s1. The van der Waals surface area contributed by atoms with E-state index in [1.165, 1.54) is 0 Å². The maximum Gasteiger partial charge on any atom is 0.404 e. The lowest BCUT2D eigenvalue weighted by molar-refractivity contribution is 0.191. The molecule has 0 aromatic heterocycles. The Balaban J connectivity index is 0. The fraction of sp³-hybridized carbons (Fsp3) is 0.750. The van der Waals surface area contributed by atoms with Gasteiger partial charge < -0.3 is 16.2 Å². The molecule has 0 aromatic rings. The summed E-state index contributed by atoms with van der Waals surface area (Å²) < 4.78 is 0. The Morgan fingerprint density at radius 3 is 2.44 bits per heavy atom. The lowest BCUT2D eigenvalue weighted by Gasteiger charge is -2.05. The van der Waals surface area contributed by atoms with E-state index in [1.54, 1.807) is 6.92 Å². The van der Waals surface area contributed by atoms with Gasteiger partial charge in [-0.15, -0.1) is 12.4 Å². The maximum absolute atomic E-state index is 9.80. The molecule has 4 N–H and O–H groups in total. The van der Waals surface area contributed by atoms with Crippen molar-refractivity contribution in [2.24, 2.45) is 5.73 Å². The monoisotopic (exact) mass is 154 g/mol. The first-order chi connectivity index (χ1) is 3.66. The lowest BCUT2D eigenvalue weighted by Crippen LogP contribution is -2.36. The molecule has 0 aliphatic rings. The van der Waals surface area contributed by atoms with E-state index in [9.17, 15) is 4.79 Å². The molecule has 0 unspecified atom stereocenters. The molecule has 5 heteroatoms. The molecule has 0 spiro atoms. The van der Waals surface area contributed by atoms with Crippen LogP contribution in [0.25, 0.3) is 0 Å². The molecular formula is C4H11ClN2O2. The molecule has 0 rings (SSSR count). The van der Waals surface area contributed by atoms with Crippen LogP contribution < -0.4 is 11.1 Å². The van der Waals surface area contributed by atoms with E-state index in [0.29, 0.717) is 6.54 Å². The summed E-state index contributed by atoms with van der Waals surface area (Å²) in [6, 6.07) is -0.146. The van der Waals surface area contributed by atoms with Crippen LogP contribution in [0.5, 0.6) is 0 Å². The summed E-state index contributed by atoms with van der Waals surface area (Å²) in [5.41, 5.74) is 5.09. The van der Waals surface area contributed by atoms with Crippen LogP contribution in [0.4, 0.5) is 4.79 Å². The second kappa shape index (κ2) is 5.65. The molecule has 56 valence electrons. The topological polar surface area (TPSA) is 75.3 Å². The summed E-state index contributed by atoms with van der Waals surface area (Å²) in [6.45, 7) is 2.04. The molecule has 0 radical (unpaired) electrons. The summed E-state index contributed by atoms with van der Waals surface area (Å²) in [7, 11) is 0. The Labute approximate surface area is 59.8 Å². The number of carboxylic acid groups (broad SMARTS) is 1. The van der Waals surface area contributed by atoms with Gasteiger partial charge in [-0.1, -0.05) is 0 Å². The Morgan fingerprint density at radius 1 is 1.89 bits per heavy atom. The van der Waals surface area contributed by atoms with Gasteiger partial charge in [-0.05, 0) is 6.92 Å². The highest BCUT2D eigenvalue weighted by Crippen LogP contribution is 1.73. The SMILES string of the molecule is C[C@@H](CN)NC(=O)O.Cl. The average molecular weight is 155 g/mol. The van der Waals surface area contributed by atoms with Gasteiger partial charge in [-0.3, -0.25) is 0 Å². The van der Waals surface area contributed by atoms with Crippen LogP contribution in [-0.2, 0) is 0 Å². The minimum Gasteiger partial charge on any atom is -0.465 e. The van der Waals surface area contributed by atoms with Gasteiger partial charge in [0.15, 0.2) is 0 Å². The van der Waals surface area contributed by atoms with Crippen molar-refractivity contribution in [3.63, 3.8) is 0 Å². The number of amides is 1. The molecule has 0 saturated carbocycles. The van der Waals surface area contributed by atoms with Crippen molar-refractivity contribution >= 4 is 18.5 Å². The molecule has 0 heterocycles. The highest BCUT2D eigenvalue weighted by molar-refractivity contribution is 5.85. The van der Waals surface area contributed by atoms with Crippen LogP contribution in [0.1, 0.15) is 6.92 Å². The van der Waals surface area contributed by atoms with Gasteiger partial charge in [0.2, 0.25) is 0 Å². The van der Waals surface area contributed by atoms with Gasteiger partial charge in [0.05, 0.1) is 0 Å². The normalized spacial score (nSPS) is 11.3. The third-order valence-corrected chi connectivity index (χ3v) is 0.723. The first-order valence-corrected chi connectivity index (χ1v) is 2.36. The minimum absolute atomic E-state index is 0. The highest BCUT2D eigenvalue weighted by atomic mass is 35.5. The second-order valence-electron chi connectivity index (χ2n) is 1.59. The molecular weight excluding hydrogens is 144 g/mol. The molecule has 0 aromatic carbocycles. The molecule has 4 nitrogen and oxygen atoms in total. The van der Waals surface area contributed by atoms with Crippen LogP contribution in [0.3, 0.4) is 0 Å². The van der Waals surface area contributed by atoms with E-state index < -0.39 is 6.09 Å². The molecule has 0 bridgehead atoms. The van der Waals surface area contributed by atoms with Gasteiger partial charge in [0.25, 0.3) is 0 Å². The highest BCUT2D eigenvalue weighted by Gasteiger charge is 1.99. The fourth-order valence-corrected chi connectivity index (χ4v) is 0.270. The number of carbonyl (C=O) groups is 1. The number of halogens is 1. The van der Waals surface area contributed by atoms with Crippen LogP contribution in [0, 0.1) is 0 Å². The van der Waals surface area contributed by atoms with Crippen LogP contribution >= 0.6 is 12.4 Å². The number of nitrogens with two attached hydrogens (primary N) is 1. The van der Waals surface area contributed by atoms with E-state index >= 15 is 0 Å².